The van der Waals surface area contributed by atoms with Crippen molar-refractivity contribution in [1.29, 1.82) is 0 Å². The zero-order valence-corrected chi connectivity index (χ0v) is 23.6. The van der Waals surface area contributed by atoms with Crippen molar-refractivity contribution in [3.8, 4) is 0 Å². The van der Waals surface area contributed by atoms with Crippen LogP contribution < -0.4 is 16.2 Å². The molecule has 1 fully saturated rings. The number of likely N-dealkylation sites (N-methyl/N-ethyl adjacent to an activating group) is 1. The second kappa shape index (κ2) is 12.9. The van der Waals surface area contributed by atoms with Crippen molar-refractivity contribution in [2.24, 2.45) is 5.92 Å². The number of rotatable bonds is 11. The Balaban J connectivity index is 1.52. The van der Waals surface area contributed by atoms with Crippen molar-refractivity contribution in [3.63, 3.8) is 0 Å². The summed E-state index contributed by atoms with van der Waals surface area (Å²) < 4.78 is 20.3. The number of pyridine rings is 2. The van der Waals surface area contributed by atoms with Gasteiger partial charge in [0.2, 0.25) is 11.8 Å². The van der Waals surface area contributed by atoms with E-state index in [1.807, 2.05) is 0 Å². The Kier molecular flexibility index (Phi) is 9.38. The van der Waals surface area contributed by atoms with E-state index in [2.05, 4.69) is 30.3 Å². The van der Waals surface area contributed by atoms with Crippen molar-refractivity contribution >= 4 is 46.2 Å². The lowest BCUT2D eigenvalue weighted by atomic mass is 10.1. The van der Waals surface area contributed by atoms with Gasteiger partial charge in [-0.15, -0.1) is 0 Å². The molecular weight excluding hydrogens is 557 g/mol. The van der Waals surface area contributed by atoms with Gasteiger partial charge < -0.3 is 25.3 Å². The second-order valence-corrected chi connectivity index (χ2v) is 10.3. The number of H-pyrrole nitrogens is 1. The maximum Gasteiger partial charge on any atom is 0.407 e. The maximum absolute atomic E-state index is 14.5. The summed E-state index contributed by atoms with van der Waals surface area (Å²) in [5, 5.41) is 5.04. The number of amides is 3. The number of fused-ring (bicyclic) bond motifs is 1. The SMILES string of the molecule is COC(=O)NC(CCC=CC(=O)N(C)C)C(=O)Nc1ccc(Cl)n(Cc2nc3c(F)cnc(CC4CC4)c3[nH]2)c1=O. The first kappa shape index (κ1) is 29.7. The molecule has 3 aromatic heterocycles. The molecule has 0 saturated heterocycles. The van der Waals surface area contributed by atoms with Gasteiger partial charge in [0, 0.05) is 14.1 Å². The van der Waals surface area contributed by atoms with E-state index in [1.165, 1.54) is 27.7 Å². The van der Waals surface area contributed by atoms with Crippen molar-refractivity contribution < 1.29 is 23.5 Å². The fourth-order valence-corrected chi connectivity index (χ4v) is 4.32. The number of carbonyl (C=O) groups is 3. The first-order chi connectivity index (χ1) is 19.6. The fraction of sp³-hybridized carbons (Fsp3) is 0.407. The van der Waals surface area contributed by atoms with Crippen molar-refractivity contribution in [3.05, 3.63) is 63.3 Å². The highest BCUT2D eigenvalue weighted by Crippen LogP contribution is 2.33. The van der Waals surface area contributed by atoms with Crippen LogP contribution in [0.15, 0.2) is 35.3 Å². The molecule has 0 bridgehead atoms. The van der Waals surface area contributed by atoms with Crippen LogP contribution in [0.25, 0.3) is 11.0 Å². The van der Waals surface area contributed by atoms with Crippen LogP contribution in [-0.2, 0) is 27.3 Å². The summed E-state index contributed by atoms with van der Waals surface area (Å²) in [6, 6.07) is 1.71. The quantitative estimate of drug-likeness (QED) is 0.230. The molecule has 218 valence electrons. The van der Waals surface area contributed by atoms with E-state index in [0.717, 1.165) is 26.1 Å². The number of nitrogens with one attached hydrogen (secondary N) is 3. The first-order valence-electron chi connectivity index (χ1n) is 13.0. The smallest absolute Gasteiger partial charge is 0.407 e. The lowest BCUT2D eigenvalue weighted by Crippen LogP contribution is -2.44. The number of anilines is 1. The van der Waals surface area contributed by atoms with Gasteiger partial charge in [-0.25, -0.2) is 14.2 Å². The van der Waals surface area contributed by atoms with Gasteiger partial charge in [0.1, 0.15) is 28.2 Å². The average molecular weight is 588 g/mol. The Morgan fingerprint density at radius 2 is 2.07 bits per heavy atom. The van der Waals surface area contributed by atoms with E-state index >= 15 is 0 Å². The van der Waals surface area contributed by atoms with Crippen molar-refractivity contribution in [1.82, 2.24) is 29.7 Å². The molecule has 1 aliphatic carbocycles. The van der Waals surface area contributed by atoms with Gasteiger partial charge in [-0.1, -0.05) is 17.7 Å². The van der Waals surface area contributed by atoms with Crippen LogP contribution >= 0.6 is 11.6 Å². The van der Waals surface area contributed by atoms with Crippen LogP contribution in [0, 0.1) is 11.7 Å². The largest absolute Gasteiger partial charge is 0.453 e. The normalized spacial score (nSPS) is 13.8. The minimum Gasteiger partial charge on any atom is -0.453 e. The number of methoxy groups -OCH3 is 1. The van der Waals surface area contributed by atoms with Gasteiger partial charge in [0.05, 0.1) is 31.1 Å². The van der Waals surface area contributed by atoms with Crippen LogP contribution in [0.5, 0.6) is 0 Å². The number of aromatic amines is 1. The Morgan fingerprint density at radius 1 is 1.32 bits per heavy atom. The third kappa shape index (κ3) is 7.48. The topological polar surface area (TPSA) is 151 Å². The van der Waals surface area contributed by atoms with Gasteiger partial charge in [0.15, 0.2) is 5.82 Å². The van der Waals surface area contributed by atoms with E-state index in [1.54, 1.807) is 20.2 Å². The van der Waals surface area contributed by atoms with Crippen LogP contribution in [0.1, 0.15) is 37.2 Å². The fourth-order valence-electron chi connectivity index (χ4n) is 4.12. The number of imidazole rings is 1. The molecule has 1 atom stereocenters. The third-order valence-corrected chi connectivity index (χ3v) is 6.91. The number of carbonyl (C=O) groups excluding carboxylic acids is 3. The lowest BCUT2D eigenvalue weighted by Gasteiger charge is -2.17. The molecule has 0 spiro atoms. The Morgan fingerprint density at radius 3 is 2.76 bits per heavy atom. The molecule has 4 rings (SSSR count). The molecule has 14 heteroatoms. The summed E-state index contributed by atoms with van der Waals surface area (Å²) in [5.41, 5.74) is 0.618. The summed E-state index contributed by atoms with van der Waals surface area (Å²) in [6.45, 7) is -0.118. The van der Waals surface area contributed by atoms with Crippen molar-refractivity contribution in [2.45, 2.75) is 44.7 Å². The predicted molar refractivity (Wildman–Crippen MR) is 150 cm³/mol. The number of aromatic nitrogens is 4. The van der Waals surface area contributed by atoms with Crippen molar-refractivity contribution in [2.75, 3.05) is 26.5 Å². The molecule has 3 amide bonds. The highest BCUT2D eigenvalue weighted by molar-refractivity contribution is 6.29. The van der Waals surface area contributed by atoms with E-state index < -0.39 is 29.4 Å². The molecule has 3 aromatic rings. The monoisotopic (exact) mass is 587 g/mol. The molecular formula is C27H31ClFN7O5. The molecule has 0 aromatic carbocycles. The summed E-state index contributed by atoms with van der Waals surface area (Å²) in [5.74, 6) is -0.659. The Labute approximate surface area is 239 Å². The van der Waals surface area contributed by atoms with Gasteiger partial charge in [-0.3, -0.25) is 23.9 Å². The zero-order valence-electron chi connectivity index (χ0n) is 22.9. The zero-order chi connectivity index (χ0) is 29.7. The molecule has 1 aliphatic rings. The summed E-state index contributed by atoms with van der Waals surface area (Å²) in [6.07, 6.45) is 6.59. The average Bonchev–Trinajstić information content (AvgIpc) is 3.66. The number of ether oxygens (including phenoxy) is 1. The standard InChI is InChI=1S/C27H31ClFN7O5/c1-35(2)22(37)7-5-4-6-17(32-27(40)41-3)25(38)31-18-10-11-20(28)36(26(18)39)14-21-33-23-16(29)13-30-19(24(23)34-21)12-15-8-9-15/h5,7,10-11,13,15,17H,4,6,8-9,12,14H2,1-3H3,(H,31,38)(H,32,40)(H,33,34). The summed E-state index contributed by atoms with van der Waals surface area (Å²) >= 11 is 6.32. The highest BCUT2D eigenvalue weighted by Gasteiger charge is 2.25. The number of alkyl carbamates (subject to hydrolysis) is 1. The van der Waals surface area contributed by atoms with Crippen LogP contribution in [0.4, 0.5) is 14.9 Å². The minimum absolute atomic E-state index is 0.0742. The molecule has 41 heavy (non-hydrogen) atoms. The van der Waals surface area contributed by atoms with E-state index in [9.17, 15) is 23.6 Å². The van der Waals surface area contributed by atoms with E-state index in [-0.39, 0.29) is 41.7 Å². The third-order valence-electron chi connectivity index (χ3n) is 6.58. The minimum atomic E-state index is -1.07. The number of nitrogens with zero attached hydrogens (tertiary/aromatic N) is 4. The Bertz CT molecular complexity index is 1550. The first-order valence-corrected chi connectivity index (χ1v) is 13.4. The number of hydrogen-bond acceptors (Lipinski definition) is 7. The van der Waals surface area contributed by atoms with Gasteiger partial charge in [-0.2, -0.15) is 0 Å². The second-order valence-electron chi connectivity index (χ2n) is 9.96. The van der Waals surface area contributed by atoms with Gasteiger partial charge in [0.25, 0.3) is 5.56 Å². The maximum atomic E-state index is 14.5. The molecule has 3 N–H and O–H groups in total. The van der Waals surface area contributed by atoms with Crippen LogP contribution in [-0.4, -0.2) is 69.6 Å². The molecule has 1 saturated carbocycles. The van der Waals surface area contributed by atoms with Gasteiger partial charge >= 0.3 is 6.09 Å². The molecule has 12 nitrogen and oxygen atoms in total. The van der Waals surface area contributed by atoms with E-state index in [4.69, 9.17) is 11.6 Å². The number of hydrogen-bond donors (Lipinski definition) is 3. The molecule has 3 heterocycles. The van der Waals surface area contributed by atoms with Crippen LogP contribution in [0.2, 0.25) is 5.15 Å². The lowest BCUT2D eigenvalue weighted by molar-refractivity contribution is -0.123. The molecule has 0 radical (unpaired) electrons. The van der Waals surface area contributed by atoms with Gasteiger partial charge in [-0.05, 0) is 56.2 Å². The molecule has 0 aliphatic heterocycles. The molecule has 1 unspecified atom stereocenters. The Hall–Kier alpha value is -4.26. The predicted octanol–water partition coefficient (Wildman–Crippen LogP) is 3.00. The number of halogens is 2. The summed E-state index contributed by atoms with van der Waals surface area (Å²) in [7, 11) is 4.38. The highest BCUT2D eigenvalue weighted by atomic mass is 35.5. The summed E-state index contributed by atoms with van der Waals surface area (Å²) in [4.78, 5) is 63.0. The van der Waals surface area contributed by atoms with Crippen LogP contribution in [0.3, 0.4) is 0 Å². The van der Waals surface area contributed by atoms with E-state index in [0.29, 0.717) is 29.4 Å². The number of allylic oxidation sites excluding steroid dienone is 1.